The quantitative estimate of drug-likeness (QED) is 0.907. The highest BCUT2D eigenvalue weighted by molar-refractivity contribution is 9.10. The summed E-state index contributed by atoms with van der Waals surface area (Å²) < 4.78 is 6.24. The van der Waals surface area contributed by atoms with E-state index in [2.05, 4.69) is 26.2 Å². The summed E-state index contributed by atoms with van der Waals surface area (Å²) in [5, 5.41) is 3.13. The van der Waals surface area contributed by atoms with Gasteiger partial charge in [0.15, 0.2) is 6.61 Å². The van der Waals surface area contributed by atoms with Crippen molar-refractivity contribution in [2.24, 2.45) is 0 Å². The second-order valence-corrected chi connectivity index (χ2v) is 5.29. The van der Waals surface area contributed by atoms with E-state index in [0.717, 1.165) is 10.2 Å². The van der Waals surface area contributed by atoms with E-state index in [1.807, 2.05) is 13.0 Å². The van der Waals surface area contributed by atoms with Crippen LogP contribution in [0, 0.1) is 6.92 Å². The zero-order valence-electron chi connectivity index (χ0n) is 10.7. The van der Waals surface area contributed by atoms with Gasteiger partial charge in [-0.3, -0.25) is 4.79 Å². The third-order valence-electron chi connectivity index (χ3n) is 2.48. The van der Waals surface area contributed by atoms with Crippen molar-refractivity contribution in [2.45, 2.75) is 6.92 Å². The second kappa shape index (κ2) is 6.72. The highest BCUT2D eigenvalue weighted by Gasteiger charge is 2.07. The van der Waals surface area contributed by atoms with Gasteiger partial charge >= 0.3 is 0 Å². The van der Waals surface area contributed by atoms with Gasteiger partial charge in [0.25, 0.3) is 5.91 Å². The third kappa shape index (κ3) is 3.95. The topological polar surface area (TPSA) is 51.2 Å². The number of ether oxygens (including phenoxy) is 1. The predicted molar refractivity (Wildman–Crippen MR) is 82.3 cm³/mol. The molecule has 1 heterocycles. The average molecular weight is 356 g/mol. The molecule has 104 valence electrons. The van der Waals surface area contributed by atoms with Crippen molar-refractivity contribution < 1.29 is 9.53 Å². The molecule has 0 saturated heterocycles. The van der Waals surface area contributed by atoms with Gasteiger partial charge in [-0.15, -0.1) is 0 Å². The lowest BCUT2D eigenvalue weighted by Crippen LogP contribution is -2.21. The number of aryl methyl sites for hydroxylation is 1. The lowest BCUT2D eigenvalue weighted by atomic mass is 10.3. The Balaban J connectivity index is 1.93. The number of benzene rings is 1. The minimum atomic E-state index is -0.292. The number of nitrogens with one attached hydrogen (secondary N) is 1. The van der Waals surface area contributed by atoms with Crippen molar-refractivity contribution in [1.82, 2.24) is 4.98 Å². The maximum Gasteiger partial charge on any atom is 0.263 e. The number of anilines is 1. The summed E-state index contributed by atoms with van der Waals surface area (Å²) >= 11 is 9.28. The van der Waals surface area contributed by atoms with Gasteiger partial charge in [0.1, 0.15) is 11.6 Å². The molecule has 0 radical (unpaired) electrons. The molecule has 0 fully saturated rings. The van der Waals surface area contributed by atoms with E-state index in [1.165, 1.54) is 0 Å². The highest BCUT2D eigenvalue weighted by Crippen LogP contribution is 2.23. The average Bonchev–Trinajstić information content (AvgIpc) is 2.42. The number of aromatic nitrogens is 1. The Labute approximate surface area is 130 Å². The number of para-hydroxylation sites is 1. The molecule has 0 saturated carbocycles. The van der Waals surface area contributed by atoms with Gasteiger partial charge < -0.3 is 10.1 Å². The van der Waals surface area contributed by atoms with Crippen LogP contribution in [0.2, 0.25) is 5.02 Å². The molecule has 2 rings (SSSR count). The molecule has 0 aliphatic rings. The molecule has 1 N–H and O–H groups in total. The Hall–Kier alpha value is -1.59. The molecule has 1 aromatic carbocycles. The molecule has 4 nitrogen and oxygen atoms in total. The van der Waals surface area contributed by atoms with Gasteiger partial charge in [-0.2, -0.15) is 0 Å². The Morgan fingerprint density at radius 3 is 2.80 bits per heavy atom. The zero-order chi connectivity index (χ0) is 14.5. The van der Waals surface area contributed by atoms with Crippen LogP contribution in [0.15, 0.2) is 40.9 Å². The van der Waals surface area contributed by atoms with Crippen molar-refractivity contribution in [2.75, 3.05) is 11.9 Å². The van der Waals surface area contributed by atoms with Crippen molar-refractivity contribution in [3.05, 3.63) is 51.6 Å². The van der Waals surface area contributed by atoms with Gasteiger partial charge in [0, 0.05) is 4.47 Å². The minimum Gasteiger partial charge on any atom is -0.482 e. The van der Waals surface area contributed by atoms with Crippen LogP contribution in [-0.2, 0) is 4.79 Å². The maximum atomic E-state index is 11.8. The van der Waals surface area contributed by atoms with E-state index in [0.29, 0.717) is 16.6 Å². The van der Waals surface area contributed by atoms with E-state index in [9.17, 15) is 4.79 Å². The fraction of sp³-hybridized carbons (Fsp3) is 0.143. The molecule has 0 unspecified atom stereocenters. The van der Waals surface area contributed by atoms with E-state index < -0.39 is 0 Å². The molecule has 1 amide bonds. The van der Waals surface area contributed by atoms with Crippen LogP contribution < -0.4 is 10.1 Å². The van der Waals surface area contributed by atoms with E-state index in [4.69, 9.17) is 16.3 Å². The number of hydrogen-bond acceptors (Lipinski definition) is 3. The van der Waals surface area contributed by atoms with Crippen LogP contribution in [0.25, 0.3) is 0 Å². The SMILES string of the molecule is Cc1nc(NC(=O)COc2ccccc2Cl)ccc1Br. The first-order chi connectivity index (χ1) is 9.56. The molecule has 0 atom stereocenters. The number of rotatable bonds is 4. The Morgan fingerprint density at radius 1 is 1.35 bits per heavy atom. The fourth-order valence-electron chi connectivity index (χ4n) is 1.50. The first kappa shape index (κ1) is 14.8. The van der Waals surface area contributed by atoms with Gasteiger partial charge in [-0.05, 0) is 47.1 Å². The first-order valence-electron chi connectivity index (χ1n) is 5.86. The number of carbonyl (C=O) groups is 1. The van der Waals surface area contributed by atoms with Crippen molar-refractivity contribution in [3.63, 3.8) is 0 Å². The van der Waals surface area contributed by atoms with Crippen LogP contribution in [0.1, 0.15) is 5.69 Å². The lowest BCUT2D eigenvalue weighted by molar-refractivity contribution is -0.118. The fourth-order valence-corrected chi connectivity index (χ4v) is 1.91. The number of amides is 1. The first-order valence-corrected chi connectivity index (χ1v) is 7.03. The number of hydrogen-bond donors (Lipinski definition) is 1. The van der Waals surface area contributed by atoms with Crippen molar-refractivity contribution in [1.29, 1.82) is 0 Å². The number of halogens is 2. The summed E-state index contributed by atoms with van der Waals surface area (Å²) in [6, 6.07) is 10.5. The summed E-state index contributed by atoms with van der Waals surface area (Å²) in [6.07, 6.45) is 0. The van der Waals surface area contributed by atoms with Crippen molar-refractivity contribution in [3.8, 4) is 5.75 Å². The van der Waals surface area contributed by atoms with Gasteiger partial charge in [0.05, 0.1) is 10.7 Å². The van der Waals surface area contributed by atoms with E-state index in [1.54, 1.807) is 30.3 Å². The molecule has 2 aromatic rings. The normalized spacial score (nSPS) is 10.2. The van der Waals surface area contributed by atoms with E-state index >= 15 is 0 Å². The standard InChI is InChI=1S/C14H12BrClN2O2/c1-9-10(15)6-7-13(17-9)18-14(19)8-20-12-5-3-2-4-11(12)16/h2-7H,8H2,1H3,(H,17,18,19). The molecule has 1 aromatic heterocycles. The van der Waals surface area contributed by atoms with Crippen LogP contribution in [-0.4, -0.2) is 17.5 Å². The van der Waals surface area contributed by atoms with Crippen LogP contribution in [0.3, 0.4) is 0 Å². The molecular formula is C14H12BrClN2O2. The molecule has 0 aliphatic heterocycles. The van der Waals surface area contributed by atoms with Crippen LogP contribution >= 0.6 is 27.5 Å². The van der Waals surface area contributed by atoms with Crippen molar-refractivity contribution >= 4 is 39.3 Å². The third-order valence-corrected chi connectivity index (χ3v) is 3.63. The summed E-state index contributed by atoms with van der Waals surface area (Å²) in [5.74, 6) is 0.668. The Morgan fingerprint density at radius 2 is 2.10 bits per heavy atom. The second-order valence-electron chi connectivity index (χ2n) is 4.03. The summed E-state index contributed by atoms with van der Waals surface area (Å²) in [6.45, 7) is 1.72. The van der Waals surface area contributed by atoms with Gasteiger partial charge in [-0.25, -0.2) is 4.98 Å². The monoisotopic (exact) mass is 354 g/mol. The molecule has 0 spiro atoms. The predicted octanol–water partition coefficient (Wildman–Crippen LogP) is 3.82. The number of nitrogens with zero attached hydrogens (tertiary/aromatic N) is 1. The van der Waals surface area contributed by atoms with E-state index in [-0.39, 0.29) is 12.5 Å². The molecule has 0 aliphatic carbocycles. The summed E-state index contributed by atoms with van der Waals surface area (Å²) in [5.41, 5.74) is 0.801. The largest absolute Gasteiger partial charge is 0.482 e. The number of carbonyl (C=O) groups excluding carboxylic acids is 1. The highest BCUT2D eigenvalue weighted by atomic mass is 79.9. The Kier molecular flexibility index (Phi) is 4.98. The molecular weight excluding hydrogens is 344 g/mol. The Bertz CT molecular complexity index is 634. The minimum absolute atomic E-state index is 0.124. The lowest BCUT2D eigenvalue weighted by Gasteiger charge is -2.08. The van der Waals surface area contributed by atoms with Gasteiger partial charge in [0.2, 0.25) is 0 Å². The molecule has 6 heteroatoms. The maximum absolute atomic E-state index is 11.8. The van der Waals surface area contributed by atoms with Gasteiger partial charge in [-0.1, -0.05) is 23.7 Å². The van der Waals surface area contributed by atoms with Crippen LogP contribution in [0.5, 0.6) is 5.75 Å². The summed E-state index contributed by atoms with van der Waals surface area (Å²) in [7, 11) is 0. The number of pyridine rings is 1. The molecule has 20 heavy (non-hydrogen) atoms. The van der Waals surface area contributed by atoms with Crippen LogP contribution in [0.4, 0.5) is 5.82 Å². The smallest absolute Gasteiger partial charge is 0.263 e. The molecule has 0 bridgehead atoms. The zero-order valence-corrected chi connectivity index (χ0v) is 13.0. The summed E-state index contributed by atoms with van der Waals surface area (Å²) in [4.78, 5) is 16.0.